The lowest BCUT2D eigenvalue weighted by molar-refractivity contribution is -0.131. The van der Waals surface area contributed by atoms with E-state index >= 15 is 0 Å². The predicted octanol–water partition coefficient (Wildman–Crippen LogP) is 0.310. The lowest BCUT2D eigenvalue weighted by atomic mass is 10.2. The maximum atomic E-state index is 12.3. The van der Waals surface area contributed by atoms with Crippen LogP contribution in [0.5, 0.6) is 0 Å². The van der Waals surface area contributed by atoms with Crippen LogP contribution >= 0.6 is 0 Å². The van der Waals surface area contributed by atoms with Gasteiger partial charge in [-0.05, 0) is 25.0 Å². The highest BCUT2D eigenvalue weighted by molar-refractivity contribution is 5.78. The molecule has 8 heteroatoms. The Labute approximate surface area is 144 Å². The standard InChI is InChI=1S/C17H21N5O3/c23-15(18-9-11-21-10-5-1-2-8-16(21)24)12-22-17(25)13-6-3-4-7-14(13)19-20-22/h3-4,6-7H,1-2,5,8-12H2,(H,18,23). The summed E-state index contributed by atoms with van der Waals surface area (Å²) in [6, 6.07) is 6.88. The first-order valence-corrected chi connectivity index (χ1v) is 8.52. The topological polar surface area (TPSA) is 97.2 Å². The molecular weight excluding hydrogens is 322 g/mol. The fraction of sp³-hybridized carbons (Fsp3) is 0.471. The third kappa shape index (κ3) is 4.20. The Bertz CT molecular complexity index is 832. The molecular formula is C17H21N5O3. The molecule has 0 spiro atoms. The van der Waals surface area contributed by atoms with Crippen LogP contribution in [0.25, 0.3) is 10.9 Å². The number of aromatic nitrogens is 3. The molecule has 1 fully saturated rings. The normalized spacial score (nSPS) is 15.2. The van der Waals surface area contributed by atoms with Crippen LogP contribution in [0.2, 0.25) is 0 Å². The maximum absolute atomic E-state index is 12.3. The number of carbonyl (C=O) groups excluding carboxylic acids is 2. The summed E-state index contributed by atoms with van der Waals surface area (Å²) in [5.74, 6) is -0.183. The molecule has 0 atom stereocenters. The van der Waals surface area contributed by atoms with Crippen molar-refractivity contribution in [2.45, 2.75) is 32.2 Å². The summed E-state index contributed by atoms with van der Waals surface area (Å²) in [7, 11) is 0. The highest BCUT2D eigenvalue weighted by atomic mass is 16.2. The van der Waals surface area contributed by atoms with Gasteiger partial charge >= 0.3 is 0 Å². The average Bonchev–Trinajstić information content (AvgIpc) is 2.82. The van der Waals surface area contributed by atoms with E-state index in [0.717, 1.165) is 30.5 Å². The average molecular weight is 343 g/mol. The second-order valence-electron chi connectivity index (χ2n) is 6.11. The first-order chi connectivity index (χ1) is 12.1. The van der Waals surface area contributed by atoms with E-state index in [1.54, 1.807) is 29.2 Å². The molecule has 3 rings (SSSR count). The Morgan fingerprint density at radius 2 is 2.00 bits per heavy atom. The molecule has 8 nitrogen and oxygen atoms in total. The largest absolute Gasteiger partial charge is 0.353 e. The monoisotopic (exact) mass is 343 g/mol. The Balaban J connectivity index is 1.55. The number of benzene rings is 1. The van der Waals surface area contributed by atoms with Gasteiger partial charge in [0.15, 0.2) is 0 Å². The number of rotatable bonds is 5. The third-order valence-corrected chi connectivity index (χ3v) is 4.30. The van der Waals surface area contributed by atoms with Gasteiger partial charge in [-0.1, -0.05) is 23.8 Å². The van der Waals surface area contributed by atoms with Crippen molar-refractivity contribution in [2.24, 2.45) is 0 Å². The number of fused-ring (bicyclic) bond motifs is 1. The van der Waals surface area contributed by atoms with E-state index in [1.807, 2.05) is 0 Å². The van der Waals surface area contributed by atoms with Gasteiger partial charge in [0, 0.05) is 26.1 Å². The first kappa shape index (κ1) is 17.1. The minimum Gasteiger partial charge on any atom is -0.353 e. The molecule has 25 heavy (non-hydrogen) atoms. The van der Waals surface area contributed by atoms with Crippen LogP contribution in [-0.2, 0) is 16.1 Å². The fourth-order valence-electron chi connectivity index (χ4n) is 2.92. The van der Waals surface area contributed by atoms with Crippen molar-refractivity contribution in [1.29, 1.82) is 0 Å². The molecule has 2 aromatic rings. The molecule has 1 aliphatic rings. The van der Waals surface area contributed by atoms with Crippen molar-refractivity contribution in [1.82, 2.24) is 25.2 Å². The van der Waals surface area contributed by atoms with Crippen molar-refractivity contribution in [3.05, 3.63) is 34.6 Å². The van der Waals surface area contributed by atoms with Crippen molar-refractivity contribution in [3.63, 3.8) is 0 Å². The van der Waals surface area contributed by atoms with Crippen molar-refractivity contribution >= 4 is 22.7 Å². The minimum atomic E-state index is -0.344. The molecule has 1 N–H and O–H groups in total. The highest BCUT2D eigenvalue weighted by Crippen LogP contribution is 2.10. The summed E-state index contributed by atoms with van der Waals surface area (Å²) in [5.41, 5.74) is 0.160. The molecule has 1 aliphatic heterocycles. The lowest BCUT2D eigenvalue weighted by Crippen LogP contribution is -2.40. The van der Waals surface area contributed by atoms with Gasteiger partial charge in [-0.25, -0.2) is 4.68 Å². The SMILES string of the molecule is O=C(Cn1nnc2ccccc2c1=O)NCCN1CCCCCC1=O. The van der Waals surface area contributed by atoms with E-state index in [4.69, 9.17) is 0 Å². The van der Waals surface area contributed by atoms with E-state index in [0.29, 0.717) is 30.4 Å². The van der Waals surface area contributed by atoms with Gasteiger partial charge in [-0.2, -0.15) is 0 Å². The molecule has 1 saturated heterocycles. The second-order valence-corrected chi connectivity index (χ2v) is 6.11. The van der Waals surface area contributed by atoms with Crippen molar-refractivity contribution < 1.29 is 9.59 Å². The van der Waals surface area contributed by atoms with E-state index in [-0.39, 0.29) is 23.9 Å². The van der Waals surface area contributed by atoms with Gasteiger partial charge in [-0.15, -0.1) is 5.10 Å². The van der Waals surface area contributed by atoms with Crippen molar-refractivity contribution in [3.8, 4) is 0 Å². The summed E-state index contributed by atoms with van der Waals surface area (Å²) in [4.78, 5) is 38.0. The minimum absolute atomic E-state index is 0.142. The molecule has 1 aromatic carbocycles. The van der Waals surface area contributed by atoms with E-state index < -0.39 is 0 Å². The summed E-state index contributed by atoms with van der Waals surface area (Å²) < 4.78 is 1.05. The molecule has 0 radical (unpaired) electrons. The van der Waals surface area contributed by atoms with Gasteiger partial charge in [-0.3, -0.25) is 14.4 Å². The van der Waals surface area contributed by atoms with Gasteiger partial charge in [0.05, 0.1) is 5.39 Å². The summed E-state index contributed by atoms with van der Waals surface area (Å²) >= 11 is 0. The zero-order valence-corrected chi connectivity index (χ0v) is 14.0. The summed E-state index contributed by atoms with van der Waals surface area (Å²) in [6.45, 7) is 1.40. The number of likely N-dealkylation sites (tertiary alicyclic amines) is 1. The van der Waals surface area contributed by atoms with Crippen molar-refractivity contribution in [2.75, 3.05) is 19.6 Å². The Morgan fingerprint density at radius 1 is 1.16 bits per heavy atom. The molecule has 2 amide bonds. The van der Waals surface area contributed by atoms with Gasteiger partial charge < -0.3 is 10.2 Å². The molecule has 2 heterocycles. The van der Waals surface area contributed by atoms with Gasteiger partial charge in [0.25, 0.3) is 5.56 Å². The predicted molar refractivity (Wildman–Crippen MR) is 91.9 cm³/mol. The number of nitrogens with one attached hydrogen (secondary N) is 1. The number of nitrogens with zero attached hydrogens (tertiary/aromatic N) is 4. The van der Waals surface area contributed by atoms with Crippen LogP contribution in [0.3, 0.4) is 0 Å². The number of hydrogen-bond acceptors (Lipinski definition) is 5. The molecule has 132 valence electrons. The number of carbonyl (C=O) groups is 2. The van der Waals surface area contributed by atoms with Crippen LogP contribution in [-0.4, -0.2) is 51.3 Å². The quantitative estimate of drug-likeness (QED) is 0.843. The van der Waals surface area contributed by atoms with E-state index in [2.05, 4.69) is 15.6 Å². The van der Waals surface area contributed by atoms with Crippen LogP contribution < -0.4 is 10.9 Å². The Kier molecular flexibility index (Phi) is 5.37. The molecule has 0 aliphatic carbocycles. The highest BCUT2D eigenvalue weighted by Gasteiger charge is 2.16. The van der Waals surface area contributed by atoms with Gasteiger partial charge in [0.2, 0.25) is 11.8 Å². The van der Waals surface area contributed by atoms with Crippen LogP contribution in [0.4, 0.5) is 0 Å². The van der Waals surface area contributed by atoms with Crippen LogP contribution in [0.15, 0.2) is 29.1 Å². The third-order valence-electron chi connectivity index (χ3n) is 4.30. The zero-order chi connectivity index (χ0) is 17.6. The molecule has 0 bridgehead atoms. The molecule has 1 aromatic heterocycles. The fourth-order valence-corrected chi connectivity index (χ4v) is 2.92. The smallest absolute Gasteiger partial charge is 0.278 e. The second kappa shape index (κ2) is 7.87. The van der Waals surface area contributed by atoms with Gasteiger partial charge in [0.1, 0.15) is 12.1 Å². The Morgan fingerprint density at radius 3 is 2.88 bits per heavy atom. The van der Waals surface area contributed by atoms with Crippen LogP contribution in [0, 0.1) is 0 Å². The maximum Gasteiger partial charge on any atom is 0.278 e. The van der Waals surface area contributed by atoms with E-state index in [9.17, 15) is 14.4 Å². The lowest BCUT2D eigenvalue weighted by Gasteiger charge is -2.20. The molecule has 0 unspecified atom stereocenters. The molecule has 0 saturated carbocycles. The zero-order valence-electron chi connectivity index (χ0n) is 14.0. The van der Waals surface area contributed by atoms with Crippen LogP contribution in [0.1, 0.15) is 25.7 Å². The summed E-state index contributed by atoms with van der Waals surface area (Å²) in [6.07, 6.45) is 3.58. The Hall–Kier alpha value is -2.77. The number of amides is 2. The first-order valence-electron chi connectivity index (χ1n) is 8.52. The number of hydrogen-bond donors (Lipinski definition) is 1. The van der Waals surface area contributed by atoms with E-state index in [1.165, 1.54) is 0 Å². The summed E-state index contributed by atoms with van der Waals surface area (Å²) in [5, 5.41) is 10.9.